The molecule has 4 nitrogen and oxygen atoms in total. The van der Waals surface area contributed by atoms with E-state index in [-0.39, 0.29) is 18.1 Å². The van der Waals surface area contributed by atoms with Gasteiger partial charge >= 0.3 is 0 Å². The third kappa shape index (κ3) is 2.98. The molecule has 1 heterocycles. The molecule has 1 amide bonds. The summed E-state index contributed by atoms with van der Waals surface area (Å²) in [6.07, 6.45) is 6.08. The van der Waals surface area contributed by atoms with E-state index in [0.717, 1.165) is 38.5 Å². The molecule has 130 valence electrons. The Balaban J connectivity index is 1.41. The molecule has 3 fully saturated rings. The summed E-state index contributed by atoms with van der Waals surface area (Å²) in [5.41, 5.74) is 8.51. The van der Waals surface area contributed by atoms with Gasteiger partial charge < -0.3 is 15.4 Å². The van der Waals surface area contributed by atoms with E-state index in [1.165, 1.54) is 11.1 Å². The molecule has 2 atom stereocenters. The van der Waals surface area contributed by atoms with Gasteiger partial charge in [-0.15, -0.1) is 0 Å². The fourth-order valence-electron chi connectivity index (χ4n) is 4.35. The Morgan fingerprint density at radius 2 is 1.92 bits per heavy atom. The Morgan fingerprint density at radius 1 is 1.17 bits per heavy atom. The predicted octanol–water partition coefficient (Wildman–Crippen LogP) is 2.74. The summed E-state index contributed by atoms with van der Waals surface area (Å²) in [5, 5.41) is 0. The van der Waals surface area contributed by atoms with Crippen molar-refractivity contribution in [3.05, 3.63) is 35.4 Å². The standard InChI is InChI=1S/C20H28N2O2/c1-13-4-2-3-5-18(13)14-10-16(11-14)22(15-6-7-15)20(23)19-9-8-17(12-21)24-19/h2-5,14-17,19H,6-12,21H2,1H3/t14?,16?,17-,19+/m1/s1. The largest absolute Gasteiger partial charge is 0.364 e. The van der Waals surface area contributed by atoms with Gasteiger partial charge in [0.1, 0.15) is 6.10 Å². The van der Waals surface area contributed by atoms with Gasteiger partial charge in [0.2, 0.25) is 0 Å². The number of benzene rings is 1. The lowest BCUT2D eigenvalue weighted by molar-refractivity contribution is -0.148. The van der Waals surface area contributed by atoms with Crippen LogP contribution in [0.5, 0.6) is 0 Å². The number of carbonyl (C=O) groups is 1. The molecule has 1 aromatic carbocycles. The average Bonchev–Trinajstić information content (AvgIpc) is 3.26. The Labute approximate surface area is 144 Å². The first-order chi connectivity index (χ1) is 11.7. The Bertz CT molecular complexity index is 607. The summed E-state index contributed by atoms with van der Waals surface area (Å²) in [7, 11) is 0. The number of ether oxygens (including phenoxy) is 1. The van der Waals surface area contributed by atoms with Gasteiger partial charge in [-0.25, -0.2) is 0 Å². The topological polar surface area (TPSA) is 55.6 Å². The van der Waals surface area contributed by atoms with E-state index < -0.39 is 0 Å². The molecule has 2 N–H and O–H groups in total. The van der Waals surface area contributed by atoms with Crippen molar-refractivity contribution in [1.29, 1.82) is 0 Å². The highest BCUT2D eigenvalue weighted by Gasteiger charge is 2.46. The lowest BCUT2D eigenvalue weighted by atomic mass is 9.73. The molecule has 0 aromatic heterocycles. The molecule has 3 aliphatic rings. The van der Waals surface area contributed by atoms with Crippen LogP contribution in [-0.2, 0) is 9.53 Å². The molecular formula is C20H28N2O2. The maximum absolute atomic E-state index is 13.0. The lowest BCUT2D eigenvalue weighted by Gasteiger charge is -2.44. The van der Waals surface area contributed by atoms with Crippen LogP contribution in [0.3, 0.4) is 0 Å². The third-order valence-corrected chi connectivity index (χ3v) is 5.98. The van der Waals surface area contributed by atoms with E-state index >= 15 is 0 Å². The highest BCUT2D eigenvalue weighted by Crippen LogP contribution is 2.45. The van der Waals surface area contributed by atoms with E-state index in [9.17, 15) is 4.79 Å². The highest BCUT2D eigenvalue weighted by molar-refractivity contribution is 5.82. The second-order valence-corrected chi connectivity index (χ2v) is 7.72. The molecule has 1 saturated heterocycles. The van der Waals surface area contributed by atoms with Crippen LogP contribution in [-0.4, -0.2) is 41.6 Å². The van der Waals surface area contributed by atoms with Gasteiger partial charge in [0.25, 0.3) is 5.91 Å². The number of carbonyl (C=O) groups excluding carboxylic acids is 1. The first-order valence-electron chi connectivity index (χ1n) is 9.40. The molecule has 1 aromatic rings. The lowest BCUT2D eigenvalue weighted by Crippen LogP contribution is -2.51. The van der Waals surface area contributed by atoms with Crippen molar-refractivity contribution in [2.24, 2.45) is 5.73 Å². The maximum atomic E-state index is 13.0. The fourth-order valence-corrected chi connectivity index (χ4v) is 4.35. The van der Waals surface area contributed by atoms with Gasteiger partial charge in [-0.3, -0.25) is 4.79 Å². The molecule has 0 radical (unpaired) electrons. The van der Waals surface area contributed by atoms with E-state index in [0.29, 0.717) is 24.5 Å². The molecular weight excluding hydrogens is 300 g/mol. The molecule has 0 spiro atoms. The number of rotatable bonds is 5. The first kappa shape index (κ1) is 16.1. The molecule has 1 aliphatic heterocycles. The molecule has 24 heavy (non-hydrogen) atoms. The zero-order chi connectivity index (χ0) is 16.7. The number of nitrogens with two attached hydrogens (primary N) is 1. The second kappa shape index (κ2) is 6.49. The summed E-state index contributed by atoms with van der Waals surface area (Å²) in [6.45, 7) is 2.71. The predicted molar refractivity (Wildman–Crippen MR) is 93.8 cm³/mol. The quantitative estimate of drug-likeness (QED) is 0.904. The number of hydrogen-bond donors (Lipinski definition) is 1. The van der Waals surface area contributed by atoms with Crippen molar-refractivity contribution < 1.29 is 9.53 Å². The van der Waals surface area contributed by atoms with E-state index in [1.54, 1.807) is 0 Å². The number of hydrogen-bond acceptors (Lipinski definition) is 3. The maximum Gasteiger partial charge on any atom is 0.252 e. The summed E-state index contributed by atoms with van der Waals surface area (Å²) in [4.78, 5) is 15.2. The molecule has 4 rings (SSSR count). The van der Waals surface area contributed by atoms with Gasteiger partial charge in [-0.1, -0.05) is 24.3 Å². The zero-order valence-electron chi connectivity index (χ0n) is 14.5. The van der Waals surface area contributed by atoms with Crippen molar-refractivity contribution in [3.8, 4) is 0 Å². The molecule has 0 bridgehead atoms. The minimum absolute atomic E-state index is 0.0705. The van der Waals surface area contributed by atoms with E-state index in [4.69, 9.17) is 10.5 Å². The monoisotopic (exact) mass is 328 g/mol. The molecule has 2 saturated carbocycles. The second-order valence-electron chi connectivity index (χ2n) is 7.72. The zero-order valence-corrected chi connectivity index (χ0v) is 14.5. The van der Waals surface area contributed by atoms with Crippen LogP contribution in [0.1, 0.15) is 55.6 Å². The van der Waals surface area contributed by atoms with Gasteiger partial charge in [-0.05, 0) is 62.5 Å². The summed E-state index contributed by atoms with van der Waals surface area (Å²) >= 11 is 0. The minimum Gasteiger partial charge on any atom is -0.364 e. The normalized spacial score (nSPS) is 32.4. The molecule has 2 aliphatic carbocycles. The van der Waals surface area contributed by atoms with Crippen LogP contribution in [0.4, 0.5) is 0 Å². The van der Waals surface area contributed by atoms with Crippen LogP contribution >= 0.6 is 0 Å². The number of aryl methyl sites for hydroxylation is 1. The van der Waals surface area contributed by atoms with Gasteiger partial charge in [-0.2, -0.15) is 0 Å². The Morgan fingerprint density at radius 3 is 2.54 bits per heavy atom. The average molecular weight is 328 g/mol. The molecule has 0 unspecified atom stereocenters. The van der Waals surface area contributed by atoms with Gasteiger partial charge in [0.05, 0.1) is 6.10 Å². The van der Waals surface area contributed by atoms with Crippen LogP contribution in [0.15, 0.2) is 24.3 Å². The highest BCUT2D eigenvalue weighted by atomic mass is 16.5. The van der Waals surface area contributed by atoms with Crippen molar-refractivity contribution >= 4 is 5.91 Å². The van der Waals surface area contributed by atoms with Crippen molar-refractivity contribution in [2.45, 2.75) is 75.7 Å². The SMILES string of the molecule is Cc1ccccc1C1CC(N(C(=O)[C@@H]2CC[C@H](CN)O2)C2CC2)C1. The smallest absolute Gasteiger partial charge is 0.252 e. The van der Waals surface area contributed by atoms with Crippen molar-refractivity contribution in [3.63, 3.8) is 0 Å². The molecule has 4 heteroatoms. The Kier molecular flexibility index (Phi) is 4.35. The number of amides is 1. The van der Waals surface area contributed by atoms with E-state index in [2.05, 4.69) is 36.1 Å². The third-order valence-electron chi connectivity index (χ3n) is 5.98. The van der Waals surface area contributed by atoms with Crippen molar-refractivity contribution in [1.82, 2.24) is 4.90 Å². The van der Waals surface area contributed by atoms with Crippen molar-refractivity contribution in [2.75, 3.05) is 6.54 Å². The summed E-state index contributed by atoms with van der Waals surface area (Å²) in [5.74, 6) is 0.827. The van der Waals surface area contributed by atoms with Crippen LogP contribution < -0.4 is 5.73 Å². The van der Waals surface area contributed by atoms with Gasteiger partial charge in [0, 0.05) is 18.6 Å². The van der Waals surface area contributed by atoms with Crippen LogP contribution in [0, 0.1) is 6.92 Å². The van der Waals surface area contributed by atoms with Crippen LogP contribution in [0.2, 0.25) is 0 Å². The number of nitrogens with zero attached hydrogens (tertiary/aromatic N) is 1. The summed E-state index contributed by atoms with van der Waals surface area (Å²) < 4.78 is 5.86. The van der Waals surface area contributed by atoms with Crippen LogP contribution in [0.25, 0.3) is 0 Å². The van der Waals surface area contributed by atoms with Gasteiger partial charge in [0.15, 0.2) is 0 Å². The fraction of sp³-hybridized carbons (Fsp3) is 0.650. The first-order valence-corrected chi connectivity index (χ1v) is 9.40. The minimum atomic E-state index is -0.253. The Hall–Kier alpha value is -1.39. The van der Waals surface area contributed by atoms with E-state index in [1.807, 2.05) is 0 Å². The summed E-state index contributed by atoms with van der Waals surface area (Å²) in [6, 6.07) is 9.51.